The maximum atomic E-state index is 12.9. The fourth-order valence-corrected chi connectivity index (χ4v) is 1.49. The third-order valence-corrected chi connectivity index (χ3v) is 2.52. The summed E-state index contributed by atoms with van der Waals surface area (Å²) in [6, 6.07) is 0. The maximum absolute atomic E-state index is 12.9. The molecule has 0 amide bonds. The second-order valence-corrected chi connectivity index (χ2v) is 4.30. The first kappa shape index (κ1) is 17.0. The van der Waals surface area contributed by atoms with Gasteiger partial charge in [0.2, 0.25) is 5.72 Å². The number of aromatic amines is 1. The van der Waals surface area contributed by atoms with Gasteiger partial charge in [-0.15, -0.1) is 0 Å². The van der Waals surface area contributed by atoms with Gasteiger partial charge in [-0.2, -0.15) is 18.3 Å². The van der Waals surface area contributed by atoms with Crippen molar-refractivity contribution in [1.29, 1.82) is 0 Å². The summed E-state index contributed by atoms with van der Waals surface area (Å²) in [5.74, 6) is -1.52. The SMILES string of the molecule is CCCO[C@](C)(Nc1cn[nH]c(=O)c1C(F)(F)F)C(=O)O. The Morgan fingerprint density at radius 3 is 2.62 bits per heavy atom. The summed E-state index contributed by atoms with van der Waals surface area (Å²) in [5.41, 5.74) is -5.93. The van der Waals surface area contributed by atoms with E-state index in [0.717, 1.165) is 6.92 Å². The number of anilines is 1. The number of alkyl halides is 3. The van der Waals surface area contributed by atoms with E-state index in [4.69, 9.17) is 9.84 Å². The van der Waals surface area contributed by atoms with Crippen LogP contribution in [0.2, 0.25) is 0 Å². The van der Waals surface area contributed by atoms with E-state index >= 15 is 0 Å². The van der Waals surface area contributed by atoms with Crippen molar-refractivity contribution in [3.05, 3.63) is 22.1 Å². The first-order valence-corrected chi connectivity index (χ1v) is 5.92. The second-order valence-electron chi connectivity index (χ2n) is 4.30. The Balaban J connectivity index is 3.25. The topological polar surface area (TPSA) is 104 Å². The van der Waals surface area contributed by atoms with Crippen LogP contribution in [0.1, 0.15) is 25.8 Å². The molecule has 0 bridgehead atoms. The molecule has 0 spiro atoms. The third-order valence-electron chi connectivity index (χ3n) is 2.52. The molecule has 1 heterocycles. The van der Waals surface area contributed by atoms with Gasteiger partial charge in [0, 0.05) is 6.61 Å². The summed E-state index contributed by atoms with van der Waals surface area (Å²) in [4.78, 5) is 22.5. The van der Waals surface area contributed by atoms with Crippen LogP contribution in [0.15, 0.2) is 11.0 Å². The van der Waals surface area contributed by atoms with Crippen LogP contribution < -0.4 is 10.9 Å². The van der Waals surface area contributed by atoms with Crippen molar-refractivity contribution in [2.75, 3.05) is 11.9 Å². The minimum atomic E-state index is -4.97. The number of carbonyl (C=O) groups is 1. The number of ether oxygens (including phenoxy) is 1. The number of aliphatic carboxylic acids is 1. The molecule has 0 aliphatic heterocycles. The standard InChI is InChI=1S/C11H14F3N3O4/c1-3-4-21-10(2,9(19)20)16-6-5-15-17-8(18)7(6)11(12,13)14/h5H,3-4H2,1-2H3,(H,19,20)(H2,16,17,18)/t10-/m0/s1. The van der Waals surface area contributed by atoms with E-state index in [1.54, 1.807) is 12.0 Å². The Morgan fingerprint density at radius 1 is 1.52 bits per heavy atom. The predicted molar refractivity (Wildman–Crippen MR) is 65.8 cm³/mol. The minimum Gasteiger partial charge on any atom is -0.478 e. The maximum Gasteiger partial charge on any atom is 0.423 e. The molecule has 118 valence electrons. The van der Waals surface area contributed by atoms with Crippen molar-refractivity contribution < 1.29 is 27.8 Å². The number of halogens is 3. The Bertz CT molecular complexity index is 573. The van der Waals surface area contributed by atoms with Crippen molar-refractivity contribution in [2.24, 2.45) is 0 Å². The van der Waals surface area contributed by atoms with Crippen LogP contribution in [-0.4, -0.2) is 33.6 Å². The van der Waals surface area contributed by atoms with Crippen LogP contribution in [0.4, 0.5) is 18.9 Å². The van der Waals surface area contributed by atoms with Crippen LogP contribution >= 0.6 is 0 Å². The van der Waals surface area contributed by atoms with Crippen molar-refractivity contribution in [3.63, 3.8) is 0 Å². The van der Waals surface area contributed by atoms with Crippen molar-refractivity contribution >= 4 is 11.7 Å². The smallest absolute Gasteiger partial charge is 0.423 e. The normalized spacial score (nSPS) is 14.5. The van der Waals surface area contributed by atoms with Gasteiger partial charge >= 0.3 is 12.1 Å². The molecule has 21 heavy (non-hydrogen) atoms. The van der Waals surface area contributed by atoms with Gasteiger partial charge in [0.1, 0.15) is 5.56 Å². The highest BCUT2D eigenvalue weighted by molar-refractivity contribution is 5.80. The van der Waals surface area contributed by atoms with Gasteiger partial charge in [0.15, 0.2) is 0 Å². The third kappa shape index (κ3) is 3.94. The first-order valence-electron chi connectivity index (χ1n) is 5.92. The zero-order valence-electron chi connectivity index (χ0n) is 11.2. The number of hydrogen-bond donors (Lipinski definition) is 3. The largest absolute Gasteiger partial charge is 0.478 e. The van der Waals surface area contributed by atoms with Crippen molar-refractivity contribution in [2.45, 2.75) is 32.2 Å². The first-order chi connectivity index (χ1) is 9.62. The van der Waals surface area contributed by atoms with Gasteiger partial charge in [0.25, 0.3) is 5.56 Å². The number of H-pyrrole nitrogens is 1. The molecule has 1 atom stereocenters. The van der Waals surface area contributed by atoms with Gasteiger partial charge in [-0.1, -0.05) is 6.92 Å². The summed E-state index contributed by atoms with van der Waals surface area (Å²) in [7, 11) is 0. The van der Waals surface area contributed by atoms with Crippen molar-refractivity contribution in [1.82, 2.24) is 10.2 Å². The highest BCUT2D eigenvalue weighted by atomic mass is 19.4. The summed E-state index contributed by atoms with van der Waals surface area (Å²) in [5, 5.41) is 16.1. The monoisotopic (exact) mass is 309 g/mol. The highest BCUT2D eigenvalue weighted by Gasteiger charge is 2.41. The number of carboxylic acid groups (broad SMARTS) is 1. The molecule has 1 rings (SSSR count). The van der Waals surface area contributed by atoms with Gasteiger partial charge < -0.3 is 15.2 Å². The number of rotatable bonds is 6. The lowest BCUT2D eigenvalue weighted by atomic mass is 10.2. The molecular formula is C11H14F3N3O4. The van der Waals surface area contributed by atoms with Gasteiger partial charge in [-0.25, -0.2) is 9.89 Å². The molecule has 0 saturated heterocycles. The molecule has 7 nitrogen and oxygen atoms in total. The van der Waals surface area contributed by atoms with E-state index in [-0.39, 0.29) is 6.61 Å². The number of hydrogen-bond acceptors (Lipinski definition) is 5. The average molecular weight is 309 g/mol. The Kier molecular flexibility index (Phi) is 4.94. The van der Waals surface area contributed by atoms with Gasteiger partial charge in [-0.3, -0.25) is 4.79 Å². The van der Waals surface area contributed by atoms with E-state index < -0.39 is 34.7 Å². The van der Waals surface area contributed by atoms with Crippen LogP contribution in [0.3, 0.4) is 0 Å². The number of aromatic nitrogens is 2. The van der Waals surface area contributed by atoms with Crippen LogP contribution in [0, 0.1) is 0 Å². The number of carboxylic acids is 1. The Labute approximate surface area is 117 Å². The highest BCUT2D eigenvalue weighted by Crippen LogP contribution is 2.32. The number of nitrogens with zero attached hydrogens (tertiary/aromatic N) is 1. The fraction of sp³-hybridized carbons (Fsp3) is 0.545. The van der Waals surface area contributed by atoms with Crippen LogP contribution in [0.25, 0.3) is 0 Å². The molecule has 0 aromatic carbocycles. The van der Waals surface area contributed by atoms with E-state index in [0.29, 0.717) is 12.6 Å². The molecule has 0 unspecified atom stereocenters. The average Bonchev–Trinajstić information content (AvgIpc) is 2.34. The fourth-order valence-electron chi connectivity index (χ4n) is 1.49. The summed E-state index contributed by atoms with van der Waals surface area (Å²) >= 11 is 0. The minimum absolute atomic E-state index is 0.00771. The lowest BCUT2D eigenvalue weighted by Crippen LogP contribution is -2.47. The molecule has 10 heteroatoms. The molecule has 0 saturated carbocycles. The summed E-state index contributed by atoms with van der Waals surface area (Å²) < 4.78 is 43.6. The van der Waals surface area contributed by atoms with E-state index in [2.05, 4.69) is 10.4 Å². The zero-order valence-corrected chi connectivity index (χ0v) is 11.2. The number of nitrogens with one attached hydrogen (secondary N) is 2. The van der Waals surface area contributed by atoms with Crippen LogP contribution in [-0.2, 0) is 15.7 Å². The van der Waals surface area contributed by atoms with E-state index in [9.17, 15) is 22.8 Å². The van der Waals surface area contributed by atoms with E-state index in [1.165, 1.54) is 0 Å². The van der Waals surface area contributed by atoms with Crippen molar-refractivity contribution in [3.8, 4) is 0 Å². The second kappa shape index (κ2) is 6.12. The predicted octanol–water partition coefficient (Wildman–Crippen LogP) is 1.43. The molecular weight excluding hydrogens is 295 g/mol. The van der Waals surface area contributed by atoms with Gasteiger partial charge in [-0.05, 0) is 13.3 Å². The molecule has 3 N–H and O–H groups in total. The molecule has 0 radical (unpaired) electrons. The summed E-state index contributed by atoms with van der Waals surface area (Å²) in [6.45, 7) is 2.76. The molecule has 1 aromatic heterocycles. The summed E-state index contributed by atoms with van der Waals surface area (Å²) in [6.07, 6.45) is -3.83. The molecule has 0 aliphatic rings. The lowest BCUT2D eigenvalue weighted by Gasteiger charge is -2.28. The molecule has 0 aliphatic carbocycles. The lowest BCUT2D eigenvalue weighted by molar-refractivity contribution is -0.160. The van der Waals surface area contributed by atoms with Crippen LogP contribution in [0.5, 0.6) is 0 Å². The quantitative estimate of drug-likeness (QED) is 0.687. The Morgan fingerprint density at radius 2 is 2.14 bits per heavy atom. The molecule has 1 aromatic rings. The molecule has 0 fully saturated rings. The Hall–Kier alpha value is -2.10. The zero-order chi connectivity index (χ0) is 16.3. The van der Waals surface area contributed by atoms with E-state index in [1.807, 2.05) is 0 Å². The van der Waals surface area contributed by atoms with Gasteiger partial charge in [0.05, 0.1) is 11.9 Å².